The number of anilines is 2. The van der Waals surface area contributed by atoms with Crippen LogP contribution in [0.15, 0.2) is 48.5 Å². The van der Waals surface area contributed by atoms with Gasteiger partial charge in [-0.25, -0.2) is 0 Å². The van der Waals surface area contributed by atoms with Gasteiger partial charge in [-0.05, 0) is 75.6 Å². The number of carbonyl (C=O) groups is 3. The zero-order chi connectivity index (χ0) is 27.8. The van der Waals surface area contributed by atoms with E-state index in [0.29, 0.717) is 44.3 Å². The Morgan fingerprint density at radius 2 is 1.69 bits per heavy atom. The molecule has 5 rings (SSSR count). The number of likely N-dealkylation sites (tertiary alicyclic amines) is 1. The van der Waals surface area contributed by atoms with E-state index in [9.17, 15) is 19.5 Å². The van der Waals surface area contributed by atoms with E-state index in [2.05, 4.69) is 10.6 Å². The predicted molar refractivity (Wildman–Crippen MR) is 149 cm³/mol. The van der Waals surface area contributed by atoms with Crippen molar-refractivity contribution >= 4 is 29.1 Å². The average molecular weight is 534 g/mol. The third kappa shape index (κ3) is 4.53. The molecule has 3 amide bonds. The summed E-state index contributed by atoms with van der Waals surface area (Å²) in [7, 11) is 0. The van der Waals surface area contributed by atoms with Crippen LogP contribution >= 0.6 is 0 Å². The number of ether oxygens (including phenoxy) is 1. The molecule has 0 aromatic heterocycles. The number of aryl methyl sites for hydroxylation is 2. The Balaban J connectivity index is 1.51. The van der Waals surface area contributed by atoms with Crippen molar-refractivity contribution in [3.8, 4) is 0 Å². The number of unbranched alkanes of at least 4 members (excludes halogenated alkanes) is 2. The fourth-order valence-electron chi connectivity index (χ4n) is 7.17. The Kier molecular flexibility index (Phi) is 7.53. The third-order valence-corrected chi connectivity index (χ3v) is 9.04. The molecular weight excluding hydrogens is 494 g/mol. The second-order valence-electron chi connectivity index (χ2n) is 11.3. The molecule has 39 heavy (non-hydrogen) atoms. The van der Waals surface area contributed by atoms with Crippen LogP contribution in [0.1, 0.15) is 56.6 Å². The van der Waals surface area contributed by atoms with Gasteiger partial charge in [0.15, 0.2) is 0 Å². The van der Waals surface area contributed by atoms with Gasteiger partial charge >= 0.3 is 0 Å². The van der Waals surface area contributed by atoms with Crippen LogP contribution in [0.4, 0.5) is 11.4 Å². The van der Waals surface area contributed by atoms with Gasteiger partial charge in [0.25, 0.3) is 0 Å². The summed E-state index contributed by atoms with van der Waals surface area (Å²) in [6.45, 7) is 6.35. The smallest absolute Gasteiger partial charge is 0.250 e. The Morgan fingerprint density at radius 1 is 0.974 bits per heavy atom. The maximum Gasteiger partial charge on any atom is 0.250 e. The fraction of sp³-hybridized carbons (Fsp3) is 0.516. The number of aliphatic hydroxyl groups is 1. The maximum absolute atomic E-state index is 14.2. The van der Waals surface area contributed by atoms with E-state index < -0.39 is 29.1 Å². The Labute approximate surface area is 230 Å². The van der Waals surface area contributed by atoms with E-state index in [0.717, 1.165) is 23.2 Å². The van der Waals surface area contributed by atoms with Gasteiger partial charge in [-0.2, -0.15) is 0 Å². The summed E-state index contributed by atoms with van der Waals surface area (Å²) in [5.74, 6) is -2.13. The van der Waals surface area contributed by atoms with Crippen LogP contribution in [0.25, 0.3) is 0 Å². The van der Waals surface area contributed by atoms with Gasteiger partial charge in [-0.3, -0.25) is 14.4 Å². The fourth-order valence-corrected chi connectivity index (χ4v) is 7.17. The SMILES string of the molecule is CC[C@]12CCC3(O1)C(C(=O)Nc1c(C)cccc1C)N(CCCCCO)C(=O)[C@@H]3[C@H]2C(=O)Nc1ccccc1. The van der Waals surface area contributed by atoms with E-state index in [4.69, 9.17) is 4.74 Å². The van der Waals surface area contributed by atoms with Crippen molar-refractivity contribution in [3.05, 3.63) is 59.7 Å². The molecule has 1 spiro atoms. The number of aliphatic hydroxyl groups excluding tert-OH is 1. The molecule has 2 unspecified atom stereocenters. The maximum atomic E-state index is 14.2. The van der Waals surface area contributed by atoms with Gasteiger partial charge in [0.2, 0.25) is 17.7 Å². The van der Waals surface area contributed by atoms with Crippen LogP contribution in [-0.2, 0) is 19.1 Å². The molecule has 8 heteroatoms. The molecule has 2 bridgehead atoms. The minimum absolute atomic E-state index is 0.0842. The normalized spacial score (nSPS) is 29.0. The lowest BCUT2D eigenvalue weighted by Gasteiger charge is -2.34. The van der Waals surface area contributed by atoms with E-state index in [1.165, 1.54) is 0 Å². The van der Waals surface area contributed by atoms with Gasteiger partial charge in [-0.15, -0.1) is 0 Å². The highest BCUT2D eigenvalue weighted by atomic mass is 16.5. The molecule has 3 aliphatic rings. The van der Waals surface area contributed by atoms with Gasteiger partial charge in [0.05, 0.1) is 17.4 Å². The lowest BCUT2D eigenvalue weighted by atomic mass is 9.65. The molecule has 3 fully saturated rings. The zero-order valence-electron chi connectivity index (χ0n) is 23.0. The lowest BCUT2D eigenvalue weighted by Crippen LogP contribution is -2.53. The minimum Gasteiger partial charge on any atom is -0.396 e. The van der Waals surface area contributed by atoms with E-state index >= 15 is 0 Å². The van der Waals surface area contributed by atoms with Crippen molar-refractivity contribution in [2.45, 2.75) is 76.5 Å². The second-order valence-corrected chi connectivity index (χ2v) is 11.3. The average Bonchev–Trinajstić information content (AvgIpc) is 3.53. The molecular formula is C31H39N3O5. The third-order valence-electron chi connectivity index (χ3n) is 9.04. The number of hydrogen-bond acceptors (Lipinski definition) is 5. The van der Waals surface area contributed by atoms with Crippen LogP contribution in [0, 0.1) is 25.7 Å². The molecule has 2 aromatic rings. The number of rotatable bonds is 10. The standard InChI is InChI=1S/C31H39N3O5/c1-4-30-16-17-31(39-30)24(23(30)27(36)32-22-14-7-5-8-15-22)29(38)34(18-9-6-10-19-35)26(31)28(37)33-25-20(2)12-11-13-21(25)3/h5,7-8,11-15,23-24,26,35H,4,6,9-10,16-19H2,1-3H3,(H,32,36)(H,33,37)/t23-,24-,26?,30+,31?/m0/s1. The van der Waals surface area contributed by atoms with Gasteiger partial charge in [-0.1, -0.05) is 43.3 Å². The molecule has 8 nitrogen and oxygen atoms in total. The topological polar surface area (TPSA) is 108 Å². The highest BCUT2D eigenvalue weighted by molar-refractivity contribution is 6.05. The van der Waals surface area contributed by atoms with Crippen molar-refractivity contribution < 1.29 is 24.2 Å². The van der Waals surface area contributed by atoms with Crippen LogP contribution in [0.3, 0.4) is 0 Å². The number of amides is 3. The number of nitrogens with zero attached hydrogens (tertiary/aromatic N) is 1. The van der Waals surface area contributed by atoms with Crippen LogP contribution in [-0.4, -0.2) is 58.1 Å². The number of carbonyl (C=O) groups excluding carboxylic acids is 3. The van der Waals surface area contributed by atoms with Crippen molar-refractivity contribution in [2.75, 3.05) is 23.8 Å². The van der Waals surface area contributed by atoms with Crippen LogP contribution in [0.5, 0.6) is 0 Å². The summed E-state index contributed by atoms with van der Waals surface area (Å²) in [6.07, 6.45) is 3.76. The minimum atomic E-state index is -1.07. The first kappa shape index (κ1) is 27.3. The molecule has 5 atom stereocenters. The molecule has 3 aliphatic heterocycles. The van der Waals surface area contributed by atoms with Gasteiger partial charge in [0.1, 0.15) is 11.6 Å². The van der Waals surface area contributed by atoms with E-state index in [1.807, 2.05) is 69.3 Å². The van der Waals surface area contributed by atoms with Gasteiger partial charge < -0.3 is 25.4 Å². The number of para-hydroxylation sites is 2. The van der Waals surface area contributed by atoms with Crippen LogP contribution in [0.2, 0.25) is 0 Å². The predicted octanol–water partition coefficient (Wildman–Crippen LogP) is 4.20. The van der Waals surface area contributed by atoms with Gasteiger partial charge in [0, 0.05) is 24.5 Å². The molecule has 0 saturated carbocycles. The Bertz CT molecular complexity index is 1230. The second kappa shape index (κ2) is 10.7. The number of fused-ring (bicyclic) bond motifs is 1. The first-order valence-electron chi connectivity index (χ1n) is 14.1. The molecule has 0 radical (unpaired) electrons. The quantitative estimate of drug-likeness (QED) is 0.397. The number of benzene rings is 2. The zero-order valence-corrected chi connectivity index (χ0v) is 23.0. The molecule has 3 saturated heterocycles. The largest absolute Gasteiger partial charge is 0.396 e. The number of nitrogens with one attached hydrogen (secondary N) is 2. The molecule has 208 valence electrons. The van der Waals surface area contributed by atoms with Crippen molar-refractivity contribution in [2.24, 2.45) is 11.8 Å². The van der Waals surface area contributed by atoms with Crippen LogP contribution < -0.4 is 10.6 Å². The molecule has 3 heterocycles. The van der Waals surface area contributed by atoms with E-state index in [-0.39, 0.29) is 24.3 Å². The summed E-state index contributed by atoms with van der Waals surface area (Å²) in [4.78, 5) is 43.8. The first-order valence-corrected chi connectivity index (χ1v) is 14.1. The highest BCUT2D eigenvalue weighted by Crippen LogP contribution is 2.64. The number of hydrogen-bond donors (Lipinski definition) is 3. The monoisotopic (exact) mass is 533 g/mol. The summed E-state index contributed by atoms with van der Waals surface area (Å²) in [5.41, 5.74) is 1.44. The lowest BCUT2D eigenvalue weighted by molar-refractivity contribution is -0.144. The summed E-state index contributed by atoms with van der Waals surface area (Å²) >= 11 is 0. The molecule has 2 aromatic carbocycles. The highest BCUT2D eigenvalue weighted by Gasteiger charge is 2.78. The first-order chi connectivity index (χ1) is 18.8. The Hall–Kier alpha value is -3.23. The van der Waals surface area contributed by atoms with Crippen molar-refractivity contribution in [3.63, 3.8) is 0 Å². The van der Waals surface area contributed by atoms with Crippen molar-refractivity contribution in [1.29, 1.82) is 0 Å². The molecule has 0 aliphatic carbocycles. The van der Waals surface area contributed by atoms with Crippen molar-refractivity contribution in [1.82, 2.24) is 4.90 Å². The molecule has 3 N–H and O–H groups in total. The summed E-state index contributed by atoms with van der Waals surface area (Å²) in [6, 6.07) is 14.2. The van der Waals surface area contributed by atoms with E-state index in [1.54, 1.807) is 4.90 Å². The Morgan fingerprint density at radius 3 is 2.36 bits per heavy atom. The summed E-state index contributed by atoms with van der Waals surface area (Å²) < 4.78 is 6.83. The summed E-state index contributed by atoms with van der Waals surface area (Å²) in [5, 5.41) is 15.4.